The second-order valence-electron chi connectivity index (χ2n) is 7.65. The zero-order valence-electron chi connectivity index (χ0n) is 19.3. The highest BCUT2D eigenvalue weighted by molar-refractivity contribution is 14.1. The number of nitrogens with zero attached hydrogens (tertiary/aromatic N) is 2. The minimum absolute atomic E-state index is 0.104. The first-order valence-electron chi connectivity index (χ1n) is 10.8. The summed E-state index contributed by atoms with van der Waals surface area (Å²) in [7, 11) is 1.57. The van der Waals surface area contributed by atoms with Gasteiger partial charge in [0.05, 0.1) is 16.3 Å². The number of allylic oxidation sites excluding steroid dienone is 2. The molecule has 0 radical (unpaired) electrons. The number of rotatable bonds is 9. The van der Waals surface area contributed by atoms with Crippen LogP contribution in [0.1, 0.15) is 18.1 Å². The average molecular weight is 601 g/mol. The molecule has 0 atom stereocenters. The number of amidine groups is 2. The van der Waals surface area contributed by atoms with Crippen LogP contribution in [0.5, 0.6) is 17.2 Å². The minimum atomic E-state index is -0.431. The molecule has 0 saturated heterocycles. The van der Waals surface area contributed by atoms with Crippen molar-refractivity contribution in [3.8, 4) is 17.2 Å². The number of carbonyl (C=O) groups excluding carboxylic acids is 1. The molecule has 0 spiro atoms. The fourth-order valence-corrected chi connectivity index (χ4v) is 5.19. The largest absolute Gasteiger partial charge is 0.493 e. The summed E-state index contributed by atoms with van der Waals surface area (Å²) in [5.41, 5.74) is 2.01. The lowest BCUT2D eigenvalue weighted by molar-refractivity contribution is -0.114. The molecule has 4 rings (SSSR count). The maximum Gasteiger partial charge on any atom is 0.283 e. The molecule has 9 heteroatoms. The SMILES string of the molecule is C=CCc1ccccc1OCCOc1c(I)cc(/C=C2/C(=N)N3C=C(C)SC3=NC2=O)cc1OC. The number of carbonyl (C=O) groups is 1. The summed E-state index contributed by atoms with van der Waals surface area (Å²) >= 11 is 3.55. The van der Waals surface area contributed by atoms with Crippen LogP contribution in [0.3, 0.4) is 0 Å². The first-order chi connectivity index (χ1) is 16.9. The highest BCUT2D eigenvalue weighted by Crippen LogP contribution is 2.36. The van der Waals surface area contributed by atoms with E-state index in [1.54, 1.807) is 24.2 Å². The average Bonchev–Trinajstić information content (AvgIpc) is 3.21. The molecule has 0 aromatic heterocycles. The summed E-state index contributed by atoms with van der Waals surface area (Å²) in [5.74, 6) is 1.61. The lowest BCUT2D eigenvalue weighted by Gasteiger charge is -2.22. The lowest BCUT2D eigenvalue weighted by Crippen LogP contribution is -2.35. The molecule has 1 N–H and O–H groups in total. The van der Waals surface area contributed by atoms with Gasteiger partial charge in [-0.05, 0) is 71.3 Å². The second kappa shape index (κ2) is 11.1. The van der Waals surface area contributed by atoms with Crippen LogP contribution >= 0.6 is 34.4 Å². The van der Waals surface area contributed by atoms with Gasteiger partial charge in [-0.15, -0.1) is 6.58 Å². The molecule has 180 valence electrons. The van der Waals surface area contributed by atoms with Gasteiger partial charge in [-0.3, -0.25) is 15.1 Å². The van der Waals surface area contributed by atoms with E-state index in [-0.39, 0.29) is 11.4 Å². The molecule has 1 amide bonds. The number of hydrogen-bond donors (Lipinski definition) is 1. The molecule has 2 aromatic carbocycles. The molecule has 7 nitrogen and oxygen atoms in total. The predicted molar refractivity (Wildman–Crippen MR) is 148 cm³/mol. The number of thioether (sulfide) groups is 1. The Balaban J connectivity index is 1.48. The number of methoxy groups -OCH3 is 1. The van der Waals surface area contributed by atoms with Gasteiger partial charge >= 0.3 is 0 Å². The van der Waals surface area contributed by atoms with Gasteiger partial charge in [0.15, 0.2) is 16.7 Å². The smallest absolute Gasteiger partial charge is 0.283 e. The number of halogens is 1. The van der Waals surface area contributed by atoms with Gasteiger partial charge in [-0.25, -0.2) is 0 Å². The number of hydrogen-bond acceptors (Lipinski definition) is 6. The van der Waals surface area contributed by atoms with Crippen LogP contribution < -0.4 is 14.2 Å². The van der Waals surface area contributed by atoms with Gasteiger partial charge in [0.1, 0.15) is 24.8 Å². The molecular weight excluding hydrogens is 577 g/mol. The Morgan fingerprint density at radius 1 is 1.20 bits per heavy atom. The maximum atomic E-state index is 12.6. The Bertz CT molecular complexity index is 1290. The monoisotopic (exact) mass is 601 g/mol. The van der Waals surface area contributed by atoms with Crippen LogP contribution in [0.25, 0.3) is 6.08 Å². The Hall–Kier alpha value is -3.05. The van der Waals surface area contributed by atoms with Crippen LogP contribution in [0.4, 0.5) is 0 Å². The van der Waals surface area contributed by atoms with E-state index in [0.29, 0.717) is 35.4 Å². The highest BCUT2D eigenvalue weighted by Gasteiger charge is 2.32. The summed E-state index contributed by atoms with van der Waals surface area (Å²) in [6.07, 6.45) is 6.05. The molecule has 2 aliphatic heterocycles. The van der Waals surface area contributed by atoms with Crippen molar-refractivity contribution in [2.75, 3.05) is 20.3 Å². The Kier molecular flexibility index (Phi) is 7.97. The van der Waals surface area contributed by atoms with E-state index in [4.69, 9.17) is 19.6 Å². The van der Waals surface area contributed by atoms with Gasteiger partial charge in [0.2, 0.25) is 0 Å². The third-order valence-electron chi connectivity index (χ3n) is 5.18. The normalized spacial score (nSPS) is 16.1. The molecule has 0 unspecified atom stereocenters. The molecule has 35 heavy (non-hydrogen) atoms. The molecule has 2 aromatic rings. The first kappa shape index (κ1) is 25.1. The van der Waals surface area contributed by atoms with Crippen molar-refractivity contribution < 1.29 is 19.0 Å². The van der Waals surface area contributed by atoms with Gasteiger partial charge < -0.3 is 14.2 Å². The highest BCUT2D eigenvalue weighted by atomic mass is 127. The summed E-state index contributed by atoms with van der Waals surface area (Å²) in [4.78, 5) is 19.3. The lowest BCUT2D eigenvalue weighted by atomic mass is 10.1. The predicted octanol–water partition coefficient (Wildman–Crippen LogP) is 5.65. The molecule has 2 heterocycles. The van der Waals surface area contributed by atoms with Crippen molar-refractivity contribution in [1.29, 1.82) is 5.41 Å². The zero-order chi connectivity index (χ0) is 24.9. The van der Waals surface area contributed by atoms with E-state index >= 15 is 0 Å². The quantitative estimate of drug-likeness (QED) is 0.173. The van der Waals surface area contributed by atoms with Crippen LogP contribution in [0, 0.1) is 8.98 Å². The third kappa shape index (κ3) is 5.62. The molecular formula is C26H24IN3O4S. The summed E-state index contributed by atoms with van der Waals surface area (Å²) < 4.78 is 18.3. The Labute approximate surface area is 222 Å². The minimum Gasteiger partial charge on any atom is -0.493 e. The molecule has 0 fully saturated rings. The van der Waals surface area contributed by atoms with Gasteiger partial charge in [-0.2, -0.15) is 4.99 Å². The van der Waals surface area contributed by atoms with Crippen LogP contribution in [-0.4, -0.2) is 42.1 Å². The van der Waals surface area contributed by atoms with Crippen LogP contribution in [0.15, 0.2) is 70.7 Å². The van der Waals surface area contributed by atoms with E-state index in [9.17, 15) is 4.79 Å². The number of benzene rings is 2. The number of para-hydroxylation sites is 1. The number of amides is 1. The van der Waals surface area contributed by atoms with Gasteiger partial charge in [0, 0.05) is 11.1 Å². The number of nitrogens with one attached hydrogen (secondary N) is 1. The van der Waals surface area contributed by atoms with Crippen molar-refractivity contribution in [1.82, 2.24) is 4.90 Å². The van der Waals surface area contributed by atoms with Crippen LogP contribution in [-0.2, 0) is 11.2 Å². The topological polar surface area (TPSA) is 84.2 Å². The fourth-order valence-electron chi connectivity index (χ4n) is 3.60. The summed E-state index contributed by atoms with van der Waals surface area (Å²) in [6.45, 7) is 6.40. The van der Waals surface area contributed by atoms with Crippen molar-refractivity contribution in [3.05, 3.63) is 80.4 Å². The Morgan fingerprint density at radius 2 is 1.97 bits per heavy atom. The Morgan fingerprint density at radius 3 is 2.74 bits per heavy atom. The maximum absolute atomic E-state index is 12.6. The van der Waals surface area contributed by atoms with Crippen molar-refractivity contribution >= 4 is 57.3 Å². The number of ether oxygens (including phenoxy) is 3. The van der Waals surface area contributed by atoms with Crippen LogP contribution in [0.2, 0.25) is 0 Å². The van der Waals surface area contributed by atoms with Crippen molar-refractivity contribution in [2.45, 2.75) is 13.3 Å². The van der Waals surface area contributed by atoms with E-state index < -0.39 is 5.91 Å². The van der Waals surface area contributed by atoms with E-state index in [1.807, 2.05) is 49.5 Å². The third-order valence-corrected chi connectivity index (χ3v) is 6.88. The fraction of sp³-hybridized carbons (Fsp3) is 0.192. The standard InChI is InChI=1S/C26H24IN3O4S/c1-4-7-18-8-5-6-9-21(18)33-10-11-34-23-20(27)13-17(14-22(23)32-3)12-19-24(28)30-15-16(2)35-26(30)29-25(19)31/h4-6,8-9,12-15,28H,1,7,10-11H2,2-3H3/b19-12-,28-24?. The van der Waals surface area contributed by atoms with Gasteiger partial charge in [-0.1, -0.05) is 36.0 Å². The molecule has 0 saturated carbocycles. The van der Waals surface area contributed by atoms with Crippen molar-refractivity contribution in [3.63, 3.8) is 0 Å². The number of aliphatic imine (C=N–C) groups is 1. The van der Waals surface area contributed by atoms with E-state index in [2.05, 4.69) is 34.2 Å². The van der Waals surface area contributed by atoms with E-state index in [1.165, 1.54) is 11.8 Å². The molecule has 0 aliphatic carbocycles. The molecule has 0 bridgehead atoms. The number of fused-ring (bicyclic) bond motifs is 1. The summed E-state index contributed by atoms with van der Waals surface area (Å²) in [5, 5.41) is 9.00. The van der Waals surface area contributed by atoms with Gasteiger partial charge in [0.25, 0.3) is 5.91 Å². The second-order valence-corrected chi connectivity index (χ2v) is 10.0. The van der Waals surface area contributed by atoms with Crippen molar-refractivity contribution in [2.24, 2.45) is 4.99 Å². The zero-order valence-corrected chi connectivity index (χ0v) is 22.3. The van der Waals surface area contributed by atoms with E-state index in [0.717, 1.165) is 26.2 Å². The molecule has 2 aliphatic rings. The first-order valence-corrected chi connectivity index (χ1v) is 12.7. The summed E-state index contributed by atoms with van der Waals surface area (Å²) in [6, 6.07) is 11.5.